The molecule has 0 radical (unpaired) electrons. The summed E-state index contributed by atoms with van der Waals surface area (Å²) in [4.78, 5) is 17.3. The molecule has 3 rings (SSSR count). The van der Waals surface area contributed by atoms with Crippen LogP contribution in [0.15, 0.2) is 90.1 Å². The number of carbonyl (C=O) groups is 1. The quantitative estimate of drug-likeness (QED) is 0.373. The van der Waals surface area contributed by atoms with E-state index in [-0.39, 0.29) is 18.4 Å². The lowest BCUT2D eigenvalue weighted by atomic mass is 9.90. The Balaban J connectivity index is 1.67. The molecule has 0 saturated carbocycles. The van der Waals surface area contributed by atoms with E-state index in [4.69, 9.17) is 10.6 Å². The number of carbonyl (C=O) groups excluding carboxylic acids is 1. The highest BCUT2D eigenvalue weighted by molar-refractivity contribution is 5.92. The maximum atomic E-state index is 12.0. The fourth-order valence-electron chi connectivity index (χ4n) is 2.88. The lowest BCUT2D eigenvalue weighted by molar-refractivity contribution is -0.120. The minimum absolute atomic E-state index is 0.217. The Morgan fingerprint density at radius 3 is 2.00 bits per heavy atom. The van der Waals surface area contributed by atoms with Crippen LogP contribution in [-0.2, 0) is 9.63 Å². The molecule has 28 heavy (non-hydrogen) atoms. The van der Waals surface area contributed by atoms with Crippen molar-refractivity contribution in [2.24, 2.45) is 10.9 Å². The van der Waals surface area contributed by atoms with Crippen molar-refractivity contribution in [1.82, 2.24) is 0 Å². The Bertz CT molecular complexity index is 884. The van der Waals surface area contributed by atoms with Crippen LogP contribution in [0.25, 0.3) is 0 Å². The molecule has 5 nitrogen and oxygen atoms in total. The molecule has 0 atom stereocenters. The van der Waals surface area contributed by atoms with E-state index in [0.29, 0.717) is 11.5 Å². The van der Waals surface area contributed by atoms with Crippen LogP contribution >= 0.6 is 0 Å². The molecular weight excluding hydrogens is 350 g/mol. The van der Waals surface area contributed by atoms with Crippen LogP contribution in [0.1, 0.15) is 22.6 Å². The van der Waals surface area contributed by atoms with Crippen molar-refractivity contribution < 1.29 is 9.63 Å². The first-order chi connectivity index (χ1) is 13.6. The largest absolute Gasteiger partial charge is 0.384 e. The summed E-state index contributed by atoms with van der Waals surface area (Å²) < 4.78 is 0. The Morgan fingerprint density at radius 1 is 0.929 bits per heavy atom. The fraction of sp³-hybridized carbons (Fsp3) is 0.130. The van der Waals surface area contributed by atoms with E-state index in [1.54, 1.807) is 0 Å². The third-order valence-corrected chi connectivity index (χ3v) is 4.26. The first-order valence-corrected chi connectivity index (χ1v) is 9.05. The van der Waals surface area contributed by atoms with Crippen molar-refractivity contribution >= 4 is 17.4 Å². The summed E-state index contributed by atoms with van der Waals surface area (Å²) in [5.74, 6) is -0.250. The number of nitrogens with two attached hydrogens (primary N) is 1. The van der Waals surface area contributed by atoms with Gasteiger partial charge in [-0.25, -0.2) is 0 Å². The molecule has 0 spiro atoms. The highest BCUT2D eigenvalue weighted by Gasteiger charge is 2.19. The number of amides is 1. The van der Waals surface area contributed by atoms with Crippen molar-refractivity contribution in [3.8, 4) is 0 Å². The molecule has 0 bridgehead atoms. The van der Waals surface area contributed by atoms with Gasteiger partial charge >= 0.3 is 0 Å². The second-order valence-electron chi connectivity index (χ2n) is 6.46. The monoisotopic (exact) mass is 373 g/mol. The Kier molecular flexibility index (Phi) is 6.41. The second kappa shape index (κ2) is 9.37. The average molecular weight is 373 g/mol. The van der Waals surface area contributed by atoms with Gasteiger partial charge in [-0.1, -0.05) is 83.5 Å². The number of anilines is 1. The number of aryl methyl sites for hydroxylation is 1. The van der Waals surface area contributed by atoms with Crippen LogP contribution in [0.3, 0.4) is 0 Å². The third-order valence-electron chi connectivity index (χ3n) is 4.26. The van der Waals surface area contributed by atoms with Crippen LogP contribution < -0.4 is 11.1 Å². The topological polar surface area (TPSA) is 76.7 Å². The van der Waals surface area contributed by atoms with E-state index >= 15 is 0 Å². The van der Waals surface area contributed by atoms with Gasteiger partial charge in [0.2, 0.25) is 0 Å². The number of nitrogens with zero attached hydrogens (tertiary/aromatic N) is 1. The van der Waals surface area contributed by atoms with Crippen LogP contribution in [0.2, 0.25) is 0 Å². The molecule has 3 N–H and O–H groups in total. The number of hydrogen-bond donors (Lipinski definition) is 2. The predicted molar refractivity (Wildman–Crippen MR) is 112 cm³/mol. The molecule has 0 fully saturated rings. The van der Waals surface area contributed by atoms with Gasteiger partial charge in [-0.05, 0) is 30.2 Å². The summed E-state index contributed by atoms with van der Waals surface area (Å²) in [5.41, 5.74) is 10.1. The lowest BCUT2D eigenvalue weighted by Crippen LogP contribution is -2.24. The van der Waals surface area contributed by atoms with Crippen LogP contribution in [0, 0.1) is 6.92 Å². The van der Waals surface area contributed by atoms with E-state index in [2.05, 4.69) is 10.5 Å². The van der Waals surface area contributed by atoms with Crippen molar-refractivity contribution in [1.29, 1.82) is 0 Å². The van der Waals surface area contributed by atoms with Gasteiger partial charge in [0.25, 0.3) is 5.91 Å². The molecular formula is C23H23N3O2. The van der Waals surface area contributed by atoms with Crippen molar-refractivity contribution in [2.45, 2.75) is 12.8 Å². The van der Waals surface area contributed by atoms with Gasteiger partial charge in [0.1, 0.15) is 0 Å². The molecule has 3 aromatic carbocycles. The van der Waals surface area contributed by atoms with Gasteiger partial charge in [-0.3, -0.25) is 4.79 Å². The lowest BCUT2D eigenvalue weighted by Gasteiger charge is -2.17. The standard InChI is InChI=1S/C23H23N3O2/c1-17-12-14-20(15-13-17)25-21(27)16-28-26-23(24)22(18-8-4-2-5-9-18)19-10-6-3-7-11-19/h2-15,22H,16H2,1H3,(H2,24,26)(H,25,27). The molecule has 0 aromatic heterocycles. The maximum absolute atomic E-state index is 12.0. The summed E-state index contributed by atoms with van der Waals surface area (Å²) in [6.45, 7) is 1.77. The normalized spacial score (nSPS) is 11.3. The SMILES string of the molecule is Cc1ccc(NC(=O)CO/N=C(/N)C(c2ccccc2)c2ccccc2)cc1. The summed E-state index contributed by atoms with van der Waals surface area (Å²) in [6.07, 6.45) is 0. The Morgan fingerprint density at radius 2 is 1.46 bits per heavy atom. The molecule has 0 aliphatic rings. The first-order valence-electron chi connectivity index (χ1n) is 9.05. The van der Waals surface area contributed by atoms with Gasteiger partial charge in [0.15, 0.2) is 12.4 Å². The molecule has 0 saturated heterocycles. The molecule has 0 aliphatic carbocycles. The van der Waals surface area contributed by atoms with Gasteiger partial charge in [0, 0.05) is 5.69 Å². The van der Waals surface area contributed by atoms with Crippen molar-refractivity contribution in [2.75, 3.05) is 11.9 Å². The van der Waals surface area contributed by atoms with Crippen LogP contribution in [0.4, 0.5) is 5.69 Å². The smallest absolute Gasteiger partial charge is 0.265 e. The molecule has 0 unspecified atom stereocenters. The molecule has 3 aromatic rings. The zero-order chi connectivity index (χ0) is 19.8. The zero-order valence-corrected chi connectivity index (χ0v) is 15.7. The molecule has 142 valence electrons. The van der Waals surface area contributed by atoms with Crippen molar-refractivity contribution in [3.05, 3.63) is 102 Å². The highest BCUT2D eigenvalue weighted by atomic mass is 16.6. The van der Waals surface area contributed by atoms with Crippen molar-refractivity contribution in [3.63, 3.8) is 0 Å². The minimum atomic E-state index is -0.295. The van der Waals surface area contributed by atoms with E-state index in [1.807, 2.05) is 91.9 Å². The first kappa shape index (κ1) is 19.2. The molecule has 0 aliphatic heterocycles. The molecule has 1 amide bonds. The van der Waals surface area contributed by atoms with E-state index < -0.39 is 0 Å². The number of oxime groups is 1. The fourth-order valence-corrected chi connectivity index (χ4v) is 2.88. The second-order valence-corrected chi connectivity index (χ2v) is 6.46. The van der Waals surface area contributed by atoms with Gasteiger partial charge in [-0.15, -0.1) is 0 Å². The number of hydrogen-bond acceptors (Lipinski definition) is 3. The average Bonchev–Trinajstić information content (AvgIpc) is 2.71. The summed E-state index contributed by atoms with van der Waals surface area (Å²) >= 11 is 0. The maximum Gasteiger partial charge on any atom is 0.265 e. The Labute approximate surface area is 164 Å². The minimum Gasteiger partial charge on any atom is -0.384 e. The highest BCUT2D eigenvalue weighted by Crippen LogP contribution is 2.24. The zero-order valence-electron chi connectivity index (χ0n) is 15.7. The third kappa shape index (κ3) is 5.20. The van der Waals surface area contributed by atoms with E-state index in [0.717, 1.165) is 16.7 Å². The van der Waals surface area contributed by atoms with Gasteiger partial charge < -0.3 is 15.9 Å². The summed E-state index contributed by atoms with van der Waals surface area (Å²) in [7, 11) is 0. The molecule has 5 heteroatoms. The van der Waals surface area contributed by atoms with Gasteiger partial charge in [-0.2, -0.15) is 0 Å². The molecule has 0 heterocycles. The Hall–Kier alpha value is -3.60. The van der Waals surface area contributed by atoms with Crippen LogP contribution in [-0.4, -0.2) is 18.3 Å². The number of amidine groups is 1. The number of benzene rings is 3. The summed E-state index contributed by atoms with van der Waals surface area (Å²) in [6, 6.07) is 27.2. The van der Waals surface area contributed by atoms with Crippen LogP contribution in [0.5, 0.6) is 0 Å². The van der Waals surface area contributed by atoms with Gasteiger partial charge in [0.05, 0.1) is 5.92 Å². The number of rotatable bonds is 7. The predicted octanol–water partition coefficient (Wildman–Crippen LogP) is 4.05. The number of nitrogens with one attached hydrogen (secondary N) is 1. The summed E-state index contributed by atoms with van der Waals surface area (Å²) in [5, 5.41) is 6.77. The van der Waals surface area contributed by atoms with E-state index in [1.165, 1.54) is 0 Å². The van der Waals surface area contributed by atoms with E-state index in [9.17, 15) is 4.79 Å².